The van der Waals surface area contributed by atoms with Gasteiger partial charge in [0, 0.05) is 7.05 Å². The van der Waals surface area contributed by atoms with Crippen molar-refractivity contribution in [1.82, 2.24) is 20.2 Å². The summed E-state index contributed by atoms with van der Waals surface area (Å²) in [5.74, 6) is -1.09. The van der Waals surface area contributed by atoms with Gasteiger partial charge in [-0.15, -0.1) is 0 Å². The molecule has 1 aliphatic rings. The van der Waals surface area contributed by atoms with Crippen LogP contribution in [0.5, 0.6) is 0 Å². The van der Waals surface area contributed by atoms with Crippen LogP contribution in [0, 0.1) is 6.92 Å². The molecule has 10 heteroatoms. The largest absolute Gasteiger partial charge is 0.364 e. The van der Waals surface area contributed by atoms with Crippen molar-refractivity contribution in [2.45, 2.75) is 25.5 Å². The minimum atomic E-state index is -3.43. The first-order valence-electron chi connectivity index (χ1n) is 5.83. The maximum atomic E-state index is 13.0. The number of hydrogen-bond donors (Lipinski definition) is 2. The van der Waals surface area contributed by atoms with E-state index in [1.54, 1.807) is 6.92 Å². The SMILES string of the molecule is Cc1cc(C(=O)N2NC(=C(F)F)CC2(O)C(F)F)n(C)n1. The average molecular weight is 308 g/mol. The number of hydrogen-bond acceptors (Lipinski definition) is 4. The minimum Gasteiger partial charge on any atom is -0.364 e. The van der Waals surface area contributed by atoms with Gasteiger partial charge < -0.3 is 5.11 Å². The summed E-state index contributed by atoms with van der Waals surface area (Å²) in [6.07, 6.45) is -6.79. The summed E-state index contributed by atoms with van der Waals surface area (Å²) in [5.41, 5.74) is -1.82. The van der Waals surface area contributed by atoms with Crippen molar-refractivity contribution in [2.75, 3.05) is 0 Å². The predicted molar refractivity (Wildman–Crippen MR) is 62.1 cm³/mol. The molecule has 1 fully saturated rings. The van der Waals surface area contributed by atoms with Gasteiger partial charge in [-0.05, 0) is 13.0 Å². The lowest BCUT2D eigenvalue weighted by atomic mass is 10.1. The highest BCUT2D eigenvalue weighted by Crippen LogP contribution is 2.35. The monoisotopic (exact) mass is 308 g/mol. The molecule has 0 aromatic carbocycles. The standard InChI is InChI=1S/C11H12F4N4O2/c1-5-3-7(18(2)16-5)9(20)19-11(21,10(14)15)4-6(17-19)8(12)13/h3,10,17,21H,4H2,1-2H3. The second-order valence-corrected chi connectivity index (χ2v) is 4.64. The van der Waals surface area contributed by atoms with Crippen LogP contribution in [0.2, 0.25) is 0 Å². The number of carbonyl (C=O) groups is 1. The van der Waals surface area contributed by atoms with Gasteiger partial charge in [-0.2, -0.15) is 13.9 Å². The van der Waals surface area contributed by atoms with Crippen LogP contribution in [0.1, 0.15) is 22.6 Å². The molecule has 0 bridgehead atoms. The molecule has 0 aliphatic carbocycles. The van der Waals surface area contributed by atoms with Crippen LogP contribution in [-0.4, -0.2) is 38.0 Å². The van der Waals surface area contributed by atoms with Gasteiger partial charge in [-0.1, -0.05) is 0 Å². The molecule has 1 saturated heterocycles. The molecule has 1 unspecified atom stereocenters. The van der Waals surface area contributed by atoms with Gasteiger partial charge in [0.2, 0.25) is 5.72 Å². The van der Waals surface area contributed by atoms with E-state index >= 15 is 0 Å². The lowest BCUT2D eigenvalue weighted by Crippen LogP contribution is -2.56. The molecule has 21 heavy (non-hydrogen) atoms. The van der Waals surface area contributed by atoms with E-state index in [1.165, 1.54) is 13.1 Å². The van der Waals surface area contributed by atoms with E-state index < -0.39 is 36.3 Å². The van der Waals surface area contributed by atoms with Crippen LogP contribution in [-0.2, 0) is 7.05 Å². The molecule has 0 saturated carbocycles. The van der Waals surface area contributed by atoms with Gasteiger partial charge in [0.25, 0.3) is 18.4 Å². The number of alkyl halides is 2. The average Bonchev–Trinajstić information content (AvgIpc) is 2.90. The molecule has 2 heterocycles. The fourth-order valence-electron chi connectivity index (χ4n) is 2.05. The molecule has 1 aliphatic heterocycles. The van der Waals surface area contributed by atoms with Crippen molar-refractivity contribution in [1.29, 1.82) is 0 Å². The zero-order valence-electron chi connectivity index (χ0n) is 11.1. The van der Waals surface area contributed by atoms with E-state index in [2.05, 4.69) is 5.10 Å². The Labute approximate surface area is 116 Å². The topological polar surface area (TPSA) is 70.4 Å². The van der Waals surface area contributed by atoms with Gasteiger partial charge >= 0.3 is 0 Å². The van der Waals surface area contributed by atoms with Crippen LogP contribution in [0.4, 0.5) is 17.6 Å². The summed E-state index contributed by atoms with van der Waals surface area (Å²) in [5, 5.41) is 13.8. The first-order chi connectivity index (χ1) is 9.66. The van der Waals surface area contributed by atoms with E-state index in [0.717, 1.165) is 4.68 Å². The predicted octanol–water partition coefficient (Wildman–Crippen LogP) is 1.14. The summed E-state index contributed by atoms with van der Waals surface area (Å²) in [6, 6.07) is 1.30. The molecular formula is C11H12F4N4O2. The fourth-order valence-corrected chi connectivity index (χ4v) is 2.05. The lowest BCUT2D eigenvalue weighted by molar-refractivity contribution is -0.168. The van der Waals surface area contributed by atoms with Crippen LogP contribution in [0.15, 0.2) is 17.8 Å². The number of aliphatic hydroxyl groups is 1. The minimum absolute atomic E-state index is 0.114. The third kappa shape index (κ3) is 2.46. The third-order valence-corrected chi connectivity index (χ3v) is 3.07. The lowest BCUT2D eigenvalue weighted by Gasteiger charge is -2.30. The van der Waals surface area contributed by atoms with Gasteiger partial charge in [0.15, 0.2) is 0 Å². The molecule has 116 valence electrons. The Balaban J connectivity index is 2.43. The number of carbonyl (C=O) groups excluding carboxylic acids is 1. The van der Waals surface area contributed by atoms with Crippen molar-refractivity contribution < 1.29 is 27.5 Å². The second-order valence-electron chi connectivity index (χ2n) is 4.64. The number of hydrazine groups is 1. The Hall–Kier alpha value is -2.10. The van der Waals surface area contributed by atoms with Crippen LogP contribution in [0.25, 0.3) is 0 Å². The number of aryl methyl sites for hydroxylation is 2. The van der Waals surface area contributed by atoms with Crippen molar-refractivity contribution in [2.24, 2.45) is 7.05 Å². The number of nitrogens with zero attached hydrogens (tertiary/aromatic N) is 3. The number of amides is 1. The Bertz CT molecular complexity index is 611. The van der Waals surface area contributed by atoms with Crippen LogP contribution < -0.4 is 5.43 Å². The number of halogens is 4. The zero-order chi connectivity index (χ0) is 15.9. The van der Waals surface area contributed by atoms with E-state index in [1.807, 2.05) is 5.43 Å². The van der Waals surface area contributed by atoms with Gasteiger partial charge in [-0.25, -0.2) is 13.8 Å². The molecule has 1 atom stereocenters. The van der Waals surface area contributed by atoms with Gasteiger partial charge in [0.05, 0.1) is 12.1 Å². The van der Waals surface area contributed by atoms with Crippen LogP contribution in [0.3, 0.4) is 0 Å². The summed E-state index contributed by atoms with van der Waals surface area (Å²) in [6.45, 7) is 1.57. The normalized spacial score (nSPS) is 21.9. The molecule has 1 amide bonds. The van der Waals surface area contributed by atoms with E-state index in [-0.39, 0.29) is 10.7 Å². The smallest absolute Gasteiger partial charge is 0.293 e. The molecular weight excluding hydrogens is 296 g/mol. The molecule has 6 nitrogen and oxygen atoms in total. The first kappa shape index (κ1) is 15.3. The Morgan fingerprint density at radius 3 is 2.57 bits per heavy atom. The third-order valence-electron chi connectivity index (χ3n) is 3.07. The summed E-state index contributed by atoms with van der Waals surface area (Å²) >= 11 is 0. The van der Waals surface area contributed by atoms with Crippen LogP contribution >= 0.6 is 0 Å². The fraction of sp³-hybridized carbons (Fsp3) is 0.455. The van der Waals surface area contributed by atoms with Crippen molar-refractivity contribution in [3.05, 3.63) is 29.2 Å². The second kappa shape index (κ2) is 5.02. The number of aromatic nitrogens is 2. The number of nitrogens with one attached hydrogen (secondary N) is 1. The van der Waals surface area contributed by atoms with Gasteiger partial charge in [0.1, 0.15) is 11.4 Å². The zero-order valence-corrected chi connectivity index (χ0v) is 11.1. The van der Waals surface area contributed by atoms with Gasteiger partial charge in [-0.3, -0.25) is 14.9 Å². The van der Waals surface area contributed by atoms with E-state index in [4.69, 9.17) is 0 Å². The van der Waals surface area contributed by atoms with E-state index in [0.29, 0.717) is 5.69 Å². The highest BCUT2D eigenvalue weighted by Gasteiger charge is 2.53. The maximum Gasteiger partial charge on any atom is 0.293 e. The Kier molecular flexibility index (Phi) is 3.66. The van der Waals surface area contributed by atoms with Crippen molar-refractivity contribution >= 4 is 5.91 Å². The first-order valence-corrected chi connectivity index (χ1v) is 5.83. The van der Waals surface area contributed by atoms with Crippen molar-refractivity contribution in [3.63, 3.8) is 0 Å². The Morgan fingerprint density at radius 1 is 1.52 bits per heavy atom. The molecule has 1 aromatic rings. The summed E-state index contributed by atoms with van der Waals surface area (Å²) in [7, 11) is 1.39. The van der Waals surface area contributed by atoms with E-state index in [9.17, 15) is 27.5 Å². The molecule has 2 rings (SSSR count). The molecule has 0 radical (unpaired) electrons. The quantitative estimate of drug-likeness (QED) is 0.804. The number of rotatable bonds is 2. The highest BCUT2D eigenvalue weighted by molar-refractivity contribution is 5.93. The van der Waals surface area contributed by atoms with Crippen molar-refractivity contribution in [3.8, 4) is 0 Å². The maximum absolute atomic E-state index is 13.0. The summed E-state index contributed by atoms with van der Waals surface area (Å²) in [4.78, 5) is 12.2. The molecule has 2 N–H and O–H groups in total. The molecule has 1 aromatic heterocycles. The Morgan fingerprint density at radius 2 is 2.14 bits per heavy atom. The summed E-state index contributed by atoms with van der Waals surface area (Å²) < 4.78 is 52.3. The highest BCUT2D eigenvalue weighted by atomic mass is 19.3. The molecule has 0 spiro atoms.